The van der Waals surface area contributed by atoms with Gasteiger partial charge >= 0.3 is 0 Å². The average Bonchev–Trinajstić information content (AvgIpc) is 1.44. The fraction of sp³-hybridized carbons (Fsp3) is 0.889. The van der Waals surface area contributed by atoms with E-state index in [4.69, 9.17) is 0 Å². The van der Waals surface area contributed by atoms with Crippen LogP contribution in [-0.4, -0.2) is 41.6 Å². The van der Waals surface area contributed by atoms with Gasteiger partial charge in [0.05, 0.1) is 16.1 Å². The van der Waals surface area contributed by atoms with Crippen LogP contribution in [-0.2, 0) is 0 Å². The summed E-state index contributed by atoms with van der Waals surface area (Å²) < 4.78 is 2.15. The van der Waals surface area contributed by atoms with Crippen molar-refractivity contribution in [1.29, 1.82) is 0 Å². The molecule has 80 valence electrons. The Hall–Kier alpha value is 0.799. The van der Waals surface area contributed by atoms with Gasteiger partial charge in [0.1, 0.15) is 0 Å². The Kier molecular flexibility index (Phi) is 3.98. The average molecular weight is 233 g/mol. The molecule has 0 saturated carbocycles. The summed E-state index contributed by atoms with van der Waals surface area (Å²) in [7, 11) is -1.38. The first-order chi connectivity index (χ1) is 5.37. The van der Waals surface area contributed by atoms with Gasteiger partial charge < -0.3 is 0 Å². The molecule has 0 aromatic rings. The number of hydrogen-bond donors (Lipinski definition) is 0. The summed E-state index contributed by atoms with van der Waals surface area (Å²) in [5.41, 5.74) is 0. The highest BCUT2D eigenvalue weighted by atomic mass is 31.2. The first-order valence-electron chi connectivity index (χ1n) is 4.62. The van der Waals surface area contributed by atoms with Crippen molar-refractivity contribution in [2.75, 3.05) is 13.3 Å². The fourth-order valence-corrected chi connectivity index (χ4v) is 22.2. The van der Waals surface area contributed by atoms with Crippen molar-refractivity contribution >= 4 is 35.0 Å². The van der Waals surface area contributed by atoms with Crippen LogP contribution in [0.5, 0.6) is 0 Å². The highest BCUT2D eigenvalue weighted by Crippen LogP contribution is 2.40. The highest BCUT2D eigenvalue weighted by Gasteiger charge is 2.31. The maximum Gasteiger partial charge on any atom is 0.0646 e. The van der Waals surface area contributed by atoms with Crippen molar-refractivity contribution < 1.29 is 0 Å². The molecule has 0 atom stereocenters. The summed E-state index contributed by atoms with van der Waals surface area (Å²) in [6.07, 6.45) is 0. The second-order valence-electron chi connectivity index (χ2n) is 5.74. The largest absolute Gasteiger partial charge is 0.268 e. The molecule has 0 N–H and O–H groups in total. The minimum absolute atomic E-state index is 0.479. The van der Waals surface area contributed by atoms with E-state index in [0.29, 0.717) is 7.57 Å². The van der Waals surface area contributed by atoms with Crippen LogP contribution < -0.4 is 0 Å². The summed E-state index contributed by atoms with van der Waals surface area (Å²) in [4.78, 5) is 0. The fourth-order valence-electron chi connectivity index (χ4n) is 2.47. The normalized spacial score (nSPS) is 14.5. The van der Waals surface area contributed by atoms with Gasteiger partial charge in [-0.05, 0) is 7.57 Å². The summed E-state index contributed by atoms with van der Waals surface area (Å²) >= 11 is 0. The Balaban J connectivity index is 5.56. The molecule has 0 heterocycles. The van der Waals surface area contributed by atoms with E-state index >= 15 is 0 Å². The van der Waals surface area contributed by atoms with Crippen molar-refractivity contribution in [1.82, 2.24) is 0 Å². The summed E-state index contributed by atoms with van der Waals surface area (Å²) in [5, 5.41) is 0. The molecule has 0 saturated heterocycles. The van der Waals surface area contributed by atoms with Crippen LogP contribution in [0.1, 0.15) is 0 Å². The molecule has 0 fully saturated rings. The Bertz CT molecular complexity index is 215. The van der Waals surface area contributed by atoms with Crippen LogP contribution >= 0.6 is 6.76 Å². The Morgan fingerprint density at radius 1 is 0.846 bits per heavy atom. The lowest BCUT2D eigenvalue weighted by Crippen LogP contribution is -2.50. The lowest BCUT2D eigenvalue weighted by molar-refractivity contribution is 1.79. The molecule has 4 heteroatoms. The molecule has 0 nitrogen and oxygen atoms in total. The minimum Gasteiger partial charge on any atom is -0.268 e. The van der Waals surface area contributed by atoms with E-state index in [1.807, 2.05) is 0 Å². The zero-order valence-electron chi connectivity index (χ0n) is 9.95. The zero-order valence-corrected chi connectivity index (χ0v) is 12.8. The van der Waals surface area contributed by atoms with E-state index in [0.717, 1.165) is 0 Å². The van der Waals surface area contributed by atoms with Crippen LogP contribution in [0.4, 0.5) is 0 Å². The molecular weight excluding hydrogens is 206 g/mol. The number of rotatable bonds is 2. The smallest absolute Gasteiger partial charge is 0.0646 e. The molecule has 13 heavy (non-hydrogen) atoms. The van der Waals surface area contributed by atoms with Gasteiger partial charge in [0.15, 0.2) is 0 Å². The van der Waals surface area contributed by atoms with Gasteiger partial charge in [0, 0.05) is 0 Å². The predicted molar refractivity (Wildman–Crippen MR) is 80.4 cm³/mol. The molecule has 0 amide bonds. The molecule has 0 rings (SSSR count). The zero-order chi connectivity index (χ0) is 11.1. The monoisotopic (exact) mass is 233 g/mol. The molecule has 0 bridgehead atoms. The maximum absolute atomic E-state index is 2.61. The van der Waals surface area contributed by atoms with Crippen molar-refractivity contribution in [2.45, 2.75) is 39.3 Å². The van der Waals surface area contributed by atoms with E-state index in [-0.39, 0.29) is 0 Å². The first kappa shape index (κ1) is 13.8. The van der Waals surface area contributed by atoms with Crippen molar-refractivity contribution in [2.24, 2.45) is 0 Å². The quantitative estimate of drug-likeness (QED) is 0.507. The highest BCUT2D eigenvalue weighted by molar-refractivity contribution is 8.02. The SMILES string of the molecule is [BH3-]P(C)(C)=C([Si](C)(C)C)[Si](C)(C)C. The Morgan fingerprint density at radius 2 is 1.08 bits per heavy atom. The van der Waals surface area contributed by atoms with Gasteiger partial charge in [-0.3, -0.25) is 6.76 Å². The van der Waals surface area contributed by atoms with Crippen molar-refractivity contribution in [3.63, 3.8) is 0 Å². The molecule has 0 aromatic carbocycles. The van der Waals surface area contributed by atoms with E-state index in [2.05, 4.69) is 57.2 Å². The topological polar surface area (TPSA) is 0 Å². The third kappa shape index (κ3) is 4.22. The molecule has 0 unspecified atom stereocenters. The van der Waals surface area contributed by atoms with Gasteiger partial charge in [0.25, 0.3) is 0 Å². The Morgan fingerprint density at radius 3 is 1.08 bits per heavy atom. The summed E-state index contributed by atoms with van der Waals surface area (Å²) in [6.45, 7) is 20.1. The summed E-state index contributed by atoms with van der Waals surface area (Å²) in [5.74, 6) is 0. The van der Waals surface area contributed by atoms with E-state index in [1.165, 1.54) is 0 Å². The van der Waals surface area contributed by atoms with Gasteiger partial charge in [-0.1, -0.05) is 52.6 Å². The van der Waals surface area contributed by atoms with E-state index < -0.39 is 22.9 Å². The van der Waals surface area contributed by atoms with Gasteiger partial charge in [-0.15, -0.1) is 4.54 Å². The maximum atomic E-state index is 2.61. The molecule has 0 radical (unpaired) electrons. The minimum atomic E-state index is -0.967. The van der Waals surface area contributed by atoms with Crippen LogP contribution in [0.25, 0.3) is 0 Å². The van der Waals surface area contributed by atoms with Gasteiger partial charge in [-0.2, -0.15) is 0 Å². The number of hydrogen-bond acceptors (Lipinski definition) is 0. The van der Waals surface area contributed by atoms with E-state index in [9.17, 15) is 0 Å². The van der Waals surface area contributed by atoms with Crippen molar-refractivity contribution in [3.05, 3.63) is 0 Å². The second-order valence-corrected chi connectivity index (χ2v) is 19.3. The molecule has 0 aromatic heterocycles. The van der Waals surface area contributed by atoms with Crippen LogP contribution in [0.3, 0.4) is 0 Å². The summed E-state index contributed by atoms with van der Waals surface area (Å²) in [6, 6.07) is 0. The standard InChI is InChI=1S/C9H27BPSi2/c1-11(2,10)9(12(3,4)5)13(6,7)8/h1-8,10H3/q-1. The van der Waals surface area contributed by atoms with Gasteiger partial charge in [-0.25, -0.2) is 0 Å². The molecular formula is C9H27BPSi2-. The third-order valence-corrected chi connectivity index (χ3v) is 16.8. The van der Waals surface area contributed by atoms with Crippen molar-refractivity contribution in [3.8, 4) is 0 Å². The lowest BCUT2D eigenvalue weighted by atomic mass is 10.8. The van der Waals surface area contributed by atoms with Crippen LogP contribution in [0, 0.1) is 0 Å². The van der Waals surface area contributed by atoms with Gasteiger partial charge in [0.2, 0.25) is 0 Å². The first-order valence-corrected chi connectivity index (χ1v) is 13.9. The molecule has 0 aliphatic carbocycles. The lowest BCUT2D eigenvalue weighted by Gasteiger charge is -2.40. The van der Waals surface area contributed by atoms with Crippen LogP contribution in [0.2, 0.25) is 39.3 Å². The molecule has 0 spiro atoms. The Labute approximate surface area is 87.9 Å². The van der Waals surface area contributed by atoms with E-state index in [1.54, 1.807) is 0 Å². The molecule has 0 aliphatic heterocycles. The third-order valence-electron chi connectivity index (χ3n) is 1.87. The van der Waals surface area contributed by atoms with Crippen LogP contribution in [0.15, 0.2) is 0 Å². The second kappa shape index (κ2) is 3.75. The molecule has 0 aliphatic rings. The predicted octanol–water partition coefficient (Wildman–Crippen LogP) is 2.47.